The zero-order valence-electron chi connectivity index (χ0n) is 12.2. The third-order valence-corrected chi connectivity index (χ3v) is 5.30. The molecule has 0 amide bonds. The first-order valence-electron chi connectivity index (χ1n) is 6.99. The Morgan fingerprint density at radius 3 is 1.73 bits per heavy atom. The summed E-state index contributed by atoms with van der Waals surface area (Å²) in [4.78, 5) is 3.33. The van der Waals surface area contributed by atoms with Crippen LogP contribution in [0.2, 0.25) is 0 Å². The maximum Gasteiger partial charge on any atom is 0.152 e. The fraction of sp³-hybridized carbons (Fsp3) is 0.0526. The van der Waals surface area contributed by atoms with Gasteiger partial charge in [0.1, 0.15) is 6.26 Å². The van der Waals surface area contributed by atoms with Gasteiger partial charge in [-0.3, -0.25) is 0 Å². The van der Waals surface area contributed by atoms with Gasteiger partial charge in [0.05, 0.1) is 0 Å². The molecule has 22 heavy (non-hydrogen) atoms. The Bertz CT molecular complexity index is 720. The highest BCUT2D eigenvalue weighted by Gasteiger charge is 2.05. The Kier molecular flexibility index (Phi) is 4.88. The normalized spacial score (nSPS) is 12.1. The lowest BCUT2D eigenvalue weighted by Crippen LogP contribution is -1.96. The fourth-order valence-electron chi connectivity index (χ4n) is 2.18. The van der Waals surface area contributed by atoms with Gasteiger partial charge in [0, 0.05) is 9.79 Å². The topological polar surface area (TPSA) is 23.1 Å². The van der Waals surface area contributed by atoms with E-state index in [-0.39, 0.29) is 0 Å². The lowest BCUT2D eigenvalue weighted by atomic mass is 10.1. The van der Waals surface area contributed by atoms with Crippen molar-refractivity contribution in [3.8, 4) is 11.1 Å². The molecule has 0 aliphatic carbocycles. The molecule has 1 atom stereocenters. The second-order valence-corrected chi connectivity index (χ2v) is 7.44. The van der Waals surface area contributed by atoms with Gasteiger partial charge in [-0.05, 0) is 70.8 Å². The predicted octanol–water partition coefficient (Wildman–Crippen LogP) is 5.24. The van der Waals surface area contributed by atoms with Crippen LogP contribution in [0.1, 0.15) is 0 Å². The quantitative estimate of drug-likeness (QED) is 0.612. The average molecular weight is 324 g/mol. The molecule has 110 valence electrons. The molecule has 3 aromatic rings. The van der Waals surface area contributed by atoms with Crippen LogP contribution in [0.3, 0.4) is 0 Å². The number of benzene rings is 3. The number of rotatable bonds is 4. The molecule has 0 aliphatic rings. The summed E-state index contributed by atoms with van der Waals surface area (Å²) in [6.07, 6.45) is 1.70. The standard InChI is InChI=1S/C19H16OS2/c1-22(20)19-13-9-16(10-14-19)15-7-11-18(12-8-15)21-17-5-3-2-4-6-17/h2-14H,1H3. The van der Waals surface area contributed by atoms with Crippen LogP contribution in [0.25, 0.3) is 11.1 Å². The van der Waals surface area contributed by atoms with Gasteiger partial charge < -0.3 is 4.55 Å². The summed E-state index contributed by atoms with van der Waals surface area (Å²) in [6.45, 7) is 0. The summed E-state index contributed by atoms with van der Waals surface area (Å²) < 4.78 is 11.4. The molecular formula is C19H16OS2. The zero-order valence-corrected chi connectivity index (χ0v) is 13.9. The van der Waals surface area contributed by atoms with E-state index in [1.54, 1.807) is 18.0 Å². The minimum Gasteiger partial charge on any atom is -0.612 e. The maximum atomic E-state index is 11.4. The van der Waals surface area contributed by atoms with Crippen LogP contribution in [0, 0.1) is 0 Å². The van der Waals surface area contributed by atoms with Gasteiger partial charge in [-0.1, -0.05) is 42.1 Å². The minimum atomic E-state index is -0.923. The van der Waals surface area contributed by atoms with Gasteiger partial charge in [0.15, 0.2) is 4.90 Å². The molecular weight excluding hydrogens is 308 g/mol. The monoisotopic (exact) mass is 324 g/mol. The second kappa shape index (κ2) is 7.05. The molecule has 0 spiro atoms. The Morgan fingerprint density at radius 1 is 0.682 bits per heavy atom. The first-order chi connectivity index (χ1) is 10.7. The predicted molar refractivity (Wildman–Crippen MR) is 94.8 cm³/mol. The molecule has 0 radical (unpaired) electrons. The number of hydrogen-bond acceptors (Lipinski definition) is 2. The molecule has 0 heterocycles. The maximum absolute atomic E-state index is 11.4. The van der Waals surface area contributed by atoms with E-state index in [1.165, 1.54) is 15.4 Å². The van der Waals surface area contributed by atoms with Crippen molar-refractivity contribution in [3.05, 3.63) is 78.9 Å². The van der Waals surface area contributed by atoms with Crippen molar-refractivity contribution in [2.24, 2.45) is 0 Å². The van der Waals surface area contributed by atoms with E-state index in [4.69, 9.17) is 0 Å². The van der Waals surface area contributed by atoms with Crippen LogP contribution < -0.4 is 0 Å². The molecule has 1 nitrogen and oxygen atoms in total. The summed E-state index contributed by atoms with van der Waals surface area (Å²) >= 11 is 0.834. The SMILES string of the molecule is C[S+]([O-])c1ccc(-c2ccc(Sc3ccccc3)cc2)cc1. The van der Waals surface area contributed by atoms with Gasteiger partial charge in [-0.25, -0.2) is 0 Å². The van der Waals surface area contributed by atoms with E-state index >= 15 is 0 Å². The van der Waals surface area contributed by atoms with E-state index in [9.17, 15) is 4.55 Å². The van der Waals surface area contributed by atoms with Crippen molar-refractivity contribution in [1.29, 1.82) is 0 Å². The Labute approximate surface area is 138 Å². The van der Waals surface area contributed by atoms with Crippen molar-refractivity contribution >= 4 is 22.9 Å². The first-order valence-corrected chi connectivity index (χ1v) is 9.37. The summed E-state index contributed by atoms with van der Waals surface area (Å²) in [6, 6.07) is 26.8. The van der Waals surface area contributed by atoms with Gasteiger partial charge in [-0.2, -0.15) is 0 Å². The molecule has 0 fully saturated rings. The molecule has 3 rings (SSSR count). The van der Waals surface area contributed by atoms with Crippen molar-refractivity contribution in [2.45, 2.75) is 14.7 Å². The van der Waals surface area contributed by atoms with Crippen LogP contribution in [0.4, 0.5) is 0 Å². The molecule has 0 aromatic heterocycles. The molecule has 0 bridgehead atoms. The smallest absolute Gasteiger partial charge is 0.152 e. The summed E-state index contributed by atoms with van der Waals surface area (Å²) in [7, 11) is 0. The summed E-state index contributed by atoms with van der Waals surface area (Å²) in [5, 5.41) is 0. The molecule has 0 saturated heterocycles. The molecule has 3 heteroatoms. The molecule has 0 N–H and O–H groups in total. The average Bonchev–Trinajstić information content (AvgIpc) is 2.57. The minimum absolute atomic E-state index is 0.861. The Morgan fingerprint density at radius 2 is 1.18 bits per heavy atom. The first kappa shape index (κ1) is 15.2. The third-order valence-electron chi connectivity index (χ3n) is 3.35. The van der Waals surface area contributed by atoms with Crippen LogP contribution in [0.5, 0.6) is 0 Å². The van der Waals surface area contributed by atoms with Crippen LogP contribution in [-0.2, 0) is 11.2 Å². The largest absolute Gasteiger partial charge is 0.612 e. The van der Waals surface area contributed by atoms with Crippen molar-refractivity contribution in [1.82, 2.24) is 0 Å². The lowest BCUT2D eigenvalue weighted by Gasteiger charge is -2.07. The second-order valence-electron chi connectivity index (χ2n) is 4.92. The molecule has 1 unspecified atom stereocenters. The van der Waals surface area contributed by atoms with Crippen molar-refractivity contribution in [3.63, 3.8) is 0 Å². The summed E-state index contributed by atoms with van der Waals surface area (Å²) in [5.41, 5.74) is 2.32. The van der Waals surface area contributed by atoms with E-state index in [0.717, 1.165) is 10.5 Å². The highest BCUT2D eigenvalue weighted by atomic mass is 32.2. The third kappa shape index (κ3) is 3.74. The molecule has 0 aliphatic heterocycles. The van der Waals surface area contributed by atoms with Crippen molar-refractivity contribution in [2.75, 3.05) is 6.26 Å². The summed E-state index contributed by atoms with van der Waals surface area (Å²) in [5.74, 6) is 0. The van der Waals surface area contributed by atoms with Gasteiger partial charge >= 0.3 is 0 Å². The van der Waals surface area contributed by atoms with E-state index in [1.807, 2.05) is 30.3 Å². The van der Waals surface area contributed by atoms with Crippen molar-refractivity contribution < 1.29 is 4.55 Å². The van der Waals surface area contributed by atoms with Crippen LogP contribution >= 0.6 is 11.8 Å². The van der Waals surface area contributed by atoms with Gasteiger partial charge in [-0.15, -0.1) is 0 Å². The van der Waals surface area contributed by atoms with Crippen LogP contribution in [-0.4, -0.2) is 10.8 Å². The molecule has 3 aromatic carbocycles. The Hall–Kier alpha value is -1.68. The highest BCUT2D eigenvalue weighted by Crippen LogP contribution is 2.29. The van der Waals surface area contributed by atoms with E-state index in [2.05, 4.69) is 48.5 Å². The number of hydrogen-bond donors (Lipinski definition) is 0. The Balaban J connectivity index is 1.76. The molecule has 0 saturated carbocycles. The van der Waals surface area contributed by atoms with Gasteiger partial charge in [0.2, 0.25) is 0 Å². The van der Waals surface area contributed by atoms with E-state index in [0.29, 0.717) is 0 Å². The van der Waals surface area contributed by atoms with E-state index < -0.39 is 11.2 Å². The zero-order chi connectivity index (χ0) is 15.4. The highest BCUT2D eigenvalue weighted by molar-refractivity contribution is 7.99. The fourth-order valence-corrected chi connectivity index (χ4v) is 3.54. The lowest BCUT2D eigenvalue weighted by molar-refractivity contribution is 0.601. The van der Waals surface area contributed by atoms with Crippen LogP contribution in [0.15, 0.2) is 93.5 Å². The van der Waals surface area contributed by atoms with Gasteiger partial charge in [0.25, 0.3) is 0 Å².